The number of aryl methyl sites for hydroxylation is 1. The lowest BCUT2D eigenvalue weighted by atomic mass is 9.92. The number of nitrogens with zero attached hydrogens (tertiary/aromatic N) is 3. The summed E-state index contributed by atoms with van der Waals surface area (Å²) in [5.41, 5.74) is 5.10. The molecule has 0 saturated carbocycles. The third-order valence-electron chi connectivity index (χ3n) is 6.19. The smallest absolute Gasteiger partial charge is 0.276 e. The molecule has 182 valence electrons. The lowest BCUT2D eigenvalue weighted by Gasteiger charge is -2.53. The van der Waals surface area contributed by atoms with E-state index in [1.165, 1.54) is 26.0 Å². The van der Waals surface area contributed by atoms with E-state index in [9.17, 15) is 22.7 Å². The largest absolute Gasteiger partial charge is 0.386 e. The van der Waals surface area contributed by atoms with Crippen LogP contribution in [-0.4, -0.2) is 47.4 Å². The Morgan fingerprint density at radius 2 is 2.03 bits per heavy atom. The van der Waals surface area contributed by atoms with Crippen LogP contribution in [0.15, 0.2) is 41.5 Å². The second-order valence-corrected chi connectivity index (χ2v) is 11.8. The van der Waals surface area contributed by atoms with Crippen molar-refractivity contribution in [3.63, 3.8) is 0 Å². The topological polar surface area (TPSA) is 125 Å². The maximum absolute atomic E-state index is 14.9. The summed E-state index contributed by atoms with van der Waals surface area (Å²) >= 11 is 6.02. The number of rotatable bonds is 4. The van der Waals surface area contributed by atoms with Gasteiger partial charge >= 0.3 is 0 Å². The molecule has 1 aromatic carbocycles. The van der Waals surface area contributed by atoms with Crippen LogP contribution in [0.25, 0.3) is 5.65 Å². The lowest BCUT2D eigenvalue weighted by Crippen LogP contribution is -2.53. The van der Waals surface area contributed by atoms with Gasteiger partial charge in [0.1, 0.15) is 40.0 Å². The normalized spacial score (nSPS) is 22.3. The van der Waals surface area contributed by atoms with Gasteiger partial charge in [0.2, 0.25) is 0 Å². The van der Waals surface area contributed by atoms with Crippen LogP contribution in [-0.2, 0) is 5.54 Å². The number of benzene rings is 1. The molecule has 0 aliphatic carbocycles. The highest BCUT2D eigenvalue weighted by Crippen LogP contribution is 2.59. The van der Waals surface area contributed by atoms with Crippen molar-refractivity contribution in [3.05, 3.63) is 64.3 Å². The molecule has 0 fully saturated rings. The summed E-state index contributed by atoms with van der Waals surface area (Å²) in [5, 5.41) is 3.11. The van der Waals surface area contributed by atoms with E-state index in [0.29, 0.717) is 16.4 Å². The zero-order chi connectivity index (χ0) is 25.1. The van der Waals surface area contributed by atoms with Crippen molar-refractivity contribution in [2.75, 3.05) is 17.7 Å². The molecule has 0 bridgehead atoms. The molecule has 5 N–H and O–H groups in total. The molecule has 2 aromatic heterocycles. The number of hydrogen-bond donors (Lipinski definition) is 4. The molecule has 4 rings (SSSR count). The second kappa shape index (κ2) is 8.19. The predicted molar refractivity (Wildman–Crippen MR) is 130 cm³/mol. The molecule has 1 aliphatic rings. The first-order valence-electron chi connectivity index (χ1n) is 10.2. The second-order valence-electron chi connectivity index (χ2n) is 8.75. The minimum Gasteiger partial charge on any atom is -0.386 e. The zero-order valence-electron chi connectivity index (χ0n) is 18.6. The fourth-order valence-corrected chi connectivity index (χ4v) is 5.72. The van der Waals surface area contributed by atoms with Crippen molar-refractivity contribution < 1.29 is 22.7 Å². The van der Waals surface area contributed by atoms with E-state index in [0.717, 1.165) is 6.07 Å². The van der Waals surface area contributed by atoms with Crippen molar-refractivity contribution >= 4 is 45.3 Å². The Labute approximate surface area is 201 Å². The number of carbonyl (C=O) groups excluding carboxylic acids is 1. The SMILES string of the molecule is Cc1c(C(=O)Nc2ccc(F)c([C@@]3(CF)CS(O)(O)C(C)(C)C(N)=N3)c2)nc2ccc(Cl)cn12. The zero-order valence-corrected chi connectivity index (χ0v) is 20.2. The highest BCUT2D eigenvalue weighted by atomic mass is 35.5. The molecule has 3 heterocycles. The molecule has 34 heavy (non-hydrogen) atoms. The number of aliphatic imine (C=N–C) groups is 1. The standard InChI is InChI=1S/C22H24ClF2N5O3S/c1-12-18(28-17-7-4-13(23)9-30(12)17)19(31)27-14-5-6-16(25)15(8-14)22(10-24)11-34(32,33)21(2,3)20(26)29-22/h4-9,32-33H,10-11H2,1-3H3,(H2,26,29)(H,27,31)/t22-/m1/s1. The first-order chi connectivity index (χ1) is 15.8. The van der Waals surface area contributed by atoms with Crippen molar-refractivity contribution in [2.45, 2.75) is 31.1 Å². The molecule has 0 radical (unpaired) electrons. The van der Waals surface area contributed by atoms with E-state index in [4.69, 9.17) is 17.3 Å². The third-order valence-corrected chi connectivity index (χ3v) is 9.14. The first-order valence-corrected chi connectivity index (χ1v) is 12.3. The van der Waals surface area contributed by atoms with Crippen molar-refractivity contribution in [3.8, 4) is 0 Å². The summed E-state index contributed by atoms with van der Waals surface area (Å²) in [6, 6.07) is 6.89. The average molecular weight is 512 g/mol. The maximum Gasteiger partial charge on any atom is 0.276 e. The summed E-state index contributed by atoms with van der Waals surface area (Å²) < 4.78 is 51.0. The number of amidine groups is 1. The monoisotopic (exact) mass is 511 g/mol. The van der Waals surface area contributed by atoms with Gasteiger partial charge in [-0.2, -0.15) is 10.6 Å². The average Bonchev–Trinajstić information content (AvgIpc) is 3.09. The van der Waals surface area contributed by atoms with Gasteiger partial charge in [0.05, 0.1) is 16.5 Å². The van der Waals surface area contributed by atoms with Gasteiger partial charge in [-0.15, -0.1) is 0 Å². The molecule has 8 nitrogen and oxygen atoms in total. The molecular formula is C22H24ClF2N5O3S. The van der Waals surface area contributed by atoms with Gasteiger partial charge in [0.15, 0.2) is 0 Å². The maximum atomic E-state index is 14.9. The summed E-state index contributed by atoms with van der Waals surface area (Å²) in [7, 11) is -3.47. The van der Waals surface area contributed by atoms with E-state index in [-0.39, 0.29) is 22.8 Å². The number of aromatic nitrogens is 2. The molecule has 0 saturated heterocycles. The highest BCUT2D eigenvalue weighted by molar-refractivity contribution is 8.26. The number of nitrogens with two attached hydrogens (primary N) is 1. The van der Waals surface area contributed by atoms with Crippen LogP contribution in [0.1, 0.15) is 35.6 Å². The number of anilines is 1. The van der Waals surface area contributed by atoms with Gasteiger partial charge in [0, 0.05) is 17.4 Å². The quantitative estimate of drug-likeness (QED) is 0.402. The summed E-state index contributed by atoms with van der Waals surface area (Å²) in [6.07, 6.45) is 1.63. The number of amides is 1. The third kappa shape index (κ3) is 3.82. The van der Waals surface area contributed by atoms with E-state index in [1.807, 2.05) is 0 Å². The molecule has 3 aromatic rings. The summed E-state index contributed by atoms with van der Waals surface area (Å²) in [4.78, 5) is 21.4. The van der Waals surface area contributed by atoms with Gasteiger partial charge in [-0.05, 0) is 51.1 Å². The highest BCUT2D eigenvalue weighted by Gasteiger charge is 2.51. The minimum absolute atomic E-state index is 0.129. The Bertz CT molecular complexity index is 1340. The van der Waals surface area contributed by atoms with E-state index < -0.39 is 45.0 Å². The first kappa shape index (κ1) is 24.4. The summed E-state index contributed by atoms with van der Waals surface area (Å²) in [5.74, 6) is -2.13. The Balaban J connectivity index is 1.72. The lowest BCUT2D eigenvalue weighted by molar-refractivity contribution is 0.102. The van der Waals surface area contributed by atoms with Crippen LogP contribution in [0.3, 0.4) is 0 Å². The van der Waals surface area contributed by atoms with Crippen LogP contribution in [0.4, 0.5) is 14.5 Å². The number of imidazole rings is 1. The molecule has 0 unspecified atom stereocenters. The predicted octanol–water partition coefficient (Wildman–Crippen LogP) is 4.75. The molecular weight excluding hydrogens is 488 g/mol. The van der Waals surface area contributed by atoms with Crippen LogP contribution in [0.2, 0.25) is 5.02 Å². The molecule has 0 spiro atoms. The van der Waals surface area contributed by atoms with Crippen LogP contribution >= 0.6 is 22.2 Å². The Kier molecular flexibility index (Phi) is 5.88. The number of alkyl halides is 1. The van der Waals surface area contributed by atoms with E-state index >= 15 is 0 Å². The van der Waals surface area contributed by atoms with Gasteiger partial charge in [-0.3, -0.25) is 18.9 Å². The Morgan fingerprint density at radius 1 is 1.32 bits per heavy atom. The number of carbonyl (C=O) groups is 1. The Morgan fingerprint density at radius 3 is 2.68 bits per heavy atom. The Hall–Kier alpha value is -2.73. The number of halogens is 3. The fraction of sp³-hybridized carbons (Fsp3) is 0.318. The number of nitrogens with one attached hydrogen (secondary N) is 1. The number of hydrogen-bond acceptors (Lipinski definition) is 6. The van der Waals surface area contributed by atoms with Gasteiger partial charge < -0.3 is 15.5 Å². The van der Waals surface area contributed by atoms with Crippen molar-refractivity contribution in [1.29, 1.82) is 0 Å². The molecule has 12 heteroatoms. The van der Waals surface area contributed by atoms with Crippen LogP contribution in [0.5, 0.6) is 0 Å². The molecule has 1 amide bonds. The van der Waals surface area contributed by atoms with Crippen molar-refractivity contribution in [1.82, 2.24) is 9.38 Å². The minimum atomic E-state index is -3.47. The van der Waals surface area contributed by atoms with E-state index in [1.54, 1.807) is 29.7 Å². The summed E-state index contributed by atoms with van der Waals surface area (Å²) in [6.45, 7) is 3.45. The number of pyridine rings is 1. The van der Waals surface area contributed by atoms with Crippen LogP contribution < -0.4 is 11.1 Å². The van der Waals surface area contributed by atoms with Crippen molar-refractivity contribution in [2.24, 2.45) is 10.7 Å². The molecule has 1 aliphatic heterocycles. The van der Waals surface area contributed by atoms with Gasteiger partial charge in [0.25, 0.3) is 5.91 Å². The van der Waals surface area contributed by atoms with E-state index in [2.05, 4.69) is 15.3 Å². The number of fused-ring (bicyclic) bond motifs is 1. The fourth-order valence-electron chi connectivity index (χ4n) is 3.86. The van der Waals surface area contributed by atoms with Gasteiger partial charge in [-0.1, -0.05) is 11.6 Å². The van der Waals surface area contributed by atoms with Crippen LogP contribution in [0, 0.1) is 12.7 Å². The van der Waals surface area contributed by atoms with Gasteiger partial charge in [-0.25, -0.2) is 13.8 Å². The molecule has 1 atom stereocenters.